The Morgan fingerprint density at radius 2 is 2.16 bits per heavy atom. The highest BCUT2D eigenvalue weighted by atomic mass is 32.2. The number of rotatable bonds is 5. The van der Waals surface area contributed by atoms with Gasteiger partial charge in [0, 0.05) is 30.2 Å². The van der Waals surface area contributed by atoms with Crippen LogP contribution in [0.15, 0.2) is 24.4 Å². The summed E-state index contributed by atoms with van der Waals surface area (Å²) in [5, 5.41) is 6.83. The predicted octanol–water partition coefficient (Wildman–Crippen LogP) is 2.14. The van der Waals surface area contributed by atoms with Crippen LogP contribution in [0.25, 0.3) is 10.9 Å². The summed E-state index contributed by atoms with van der Waals surface area (Å²) >= 11 is 0. The van der Waals surface area contributed by atoms with Crippen molar-refractivity contribution in [1.29, 1.82) is 0 Å². The molecular formula is C18H25N3O3S. The number of hydrogen-bond donors (Lipinski definition) is 3. The number of fused-ring (bicyclic) bond motifs is 1. The van der Waals surface area contributed by atoms with E-state index < -0.39 is 9.84 Å². The Hall–Kier alpha value is -2.02. The zero-order valence-electron chi connectivity index (χ0n) is 14.5. The number of H-pyrrole nitrogens is 1. The van der Waals surface area contributed by atoms with Crippen molar-refractivity contribution in [3.8, 4) is 0 Å². The summed E-state index contributed by atoms with van der Waals surface area (Å²) < 4.78 is 23.2. The molecule has 0 spiro atoms. The van der Waals surface area contributed by atoms with Crippen LogP contribution < -0.4 is 10.6 Å². The van der Waals surface area contributed by atoms with Gasteiger partial charge in [-0.15, -0.1) is 0 Å². The van der Waals surface area contributed by atoms with Gasteiger partial charge in [0.2, 0.25) is 0 Å². The number of carbonyl (C=O) groups is 1. The van der Waals surface area contributed by atoms with E-state index in [9.17, 15) is 13.2 Å². The number of nitrogens with one attached hydrogen (secondary N) is 3. The summed E-state index contributed by atoms with van der Waals surface area (Å²) in [5.41, 5.74) is 3.49. The lowest BCUT2D eigenvalue weighted by atomic mass is 10.1. The van der Waals surface area contributed by atoms with E-state index >= 15 is 0 Å². The molecule has 1 atom stereocenters. The molecule has 0 bridgehead atoms. The standard InChI is InChI=1S/C18H25N3O3S/c1-13-4-5-17-16(9-13)15(11-20-17)6-7-19-18(22)21-10-14-3-2-8-25(23,24)12-14/h4-5,9,11,14,20H,2-3,6-8,10,12H2,1H3,(H2,19,21,22). The van der Waals surface area contributed by atoms with Crippen LogP contribution in [0.3, 0.4) is 0 Å². The van der Waals surface area contributed by atoms with Crippen molar-refractivity contribution in [2.45, 2.75) is 26.2 Å². The van der Waals surface area contributed by atoms with E-state index in [4.69, 9.17) is 0 Å². The molecule has 1 aromatic heterocycles. The quantitative estimate of drug-likeness (QED) is 0.760. The van der Waals surface area contributed by atoms with Crippen LogP contribution in [-0.2, 0) is 16.3 Å². The first-order valence-corrected chi connectivity index (χ1v) is 10.5. The predicted molar refractivity (Wildman–Crippen MR) is 99.5 cm³/mol. The number of urea groups is 1. The summed E-state index contributed by atoms with van der Waals surface area (Å²) in [4.78, 5) is 15.2. The lowest BCUT2D eigenvalue weighted by Gasteiger charge is -2.22. The van der Waals surface area contributed by atoms with Crippen LogP contribution in [-0.4, -0.2) is 44.0 Å². The molecule has 7 heteroatoms. The van der Waals surface area contributed by atoms with Gasteiger partial charge in [0.25, 0.3) is 0 Å². The minimum Gasteiger partial charge on any atom is -0.361 e. The molecule has 1 aliphatic heterocycles. The van der Waals surface area contributed by atoms with Crippen molar-refractivity contribution in [3.63, 3.8) is 0 Å². The highest BCUT2D eigenvalue weighted by molar-refractivity contribution is 7.91. The van der Waals surface area contributed by atoms with Crippen molar-refractivity contribution in [1.82, 2.24) is 15.6 Å². The molecule has 136 valence electrons. The van der Waals surface area contributed by atoms with Gasteiger partial charge in [0.15, 0.2) is 9.84 Å². The molecule has 2 amide bonds. The van der Waals surface area contributed by atoms with Crippen LogP contribution >= 0.6 is 0 Å². The fraction of sp³-hybridized carbons (Fsp3) is 0.500. The minimum absolute atomic E-state index is 0.0288. The van der Waals surface area contributed by atoms with Gasteiger partial charge in [0.1, 0.15) is 0 Å². The Morgan fingerprint density at radius 1 is 1.32 bits per heavy atom. The summed E-state index contributed by atoms with van der Waals surface area (Å²) in [7, 11) is -2.93. The molecule has 3 rings (SSSR count). The number of sulfone groups is 1. The van der Waals surface area contributed by atoms with Crippen LogP contribution in [0.1, 0.15) is 24.0 Å². The Morgan fingerprint density at radius 3 is 2.96 bits per heavy atom. The maximum absolute atomic E-state index is 11.9. The van der Waals surface area contributed by atoms with E-state index in [0.29, 0.717) is 19.5 Å². The average Bonchev–Trinajstić information content (AvgIpc) is 2.94. The van der Waals surface area contributed by atoms with Gasteiger partial charge in [-0.2, -0.15) is 0 Å². The molecule has 0 radical (unpaired) electrons. The number of aromatic amines is 1. The average molecular weight is 363 g/mol. The first kappa shape index (κ1) is 17.8. The van der Waals surface area contributed by atoms with Crippen molar-refractivity contribution in [2.24, 2.45) is 5.92 Å². The third-order valence-electron chi connectivity index (χ3n) is 4.71. The maximum atomic E-state index is 11.9. The molecule has 0 aliphatic carbocycles. The van der Waals surface area contributed by atoms with E-state index in [1.807, 2.05) is 6.20 Å². The van der Waals surface area contributed by atoms with Gasteiger partial charge < -0.3 is 15.6 Å². The van der Waals surface area contributed by atoms with Gasteiger partial charge in [-0.3, -0.25) is 0 Å². The second-order valence-corrected chi connectivity index (χ2v) is 9.10. The molecule has 25 heavy (non-hydrogen) atoms. The van der Waals surface area contributed by atoms with Gasteiger partial charge >= 0.3 is 6.03 Å². The summed E-state index contributed by atoms with van der Waals surface area (Å²) in [6.45, 7) is 3.01. The van der Waals surface area contributed by atoms with Crippen molar-refractivity contribution in [2.75, 3.05) is 24.6 Å². The Kier molecular flexibility index (Phi) is 5.32. The first-order chi connectivity index (χ1) is 11.9. The van der Waals surface area contributed by atoms with Crippen molar-refractivity contribution >= 4 is 26.8 Å². The fourth-order valence-electron chi connectivity index (χ4n) is 3.39. The highest BCUT2D eigenvalue weighted by Crippen LogP contribution is 2.20. The zero-order valence-corrected chi connectivity index (χ0v) is 15.3. The molecule has 2 aromatic rings. The van der Waals surface area contributed by atoms with Crippen molar-refractivity contribution < 1.29 is 13.2 Å². The lowest BCUT2D eigenvalue weighted by molar-refractivity contribution is 0.239. The topological polar surface area (TPSA) is 91.1 Å². The molecular weight excluding hydrogens is 338 g/mol. The van der Waals surface area contributed by atoms with Crippen LogP contribution in [0.5, 0.6) is 0 Å². The summed E-state index contributed by atoms with van der Waals surface area (Å²) in [6, 6.07) is 6.04. The van der Waals surface area contributed by atoms with E-state index in [2.05, 4.69) is 40.7 Å². The monoisotopic (exact) mass is 363 g/mol. The molecule has 1 aliphatic rings. The normalized spacial score (nSPS) is 19.6. The molecule has 1 saturated heterocycles. The molecule has 2 heterocycles. The van der Waals surface area contributed by atoms with Crippen LogP contribution in [0, 0.1) is 12.8 Å². The Labute approximate surface area is 148 Å². The molecule has 1 aromatic carbocycles. The Bertz CT molecular complexity index is 858. The SMILES string of the molecule is Cc1ccc2[nH]cc(CCNC(=O)NCC3CCCS(=O)(=O)C3)c2c1. The van der Waals surface area contributed by atoms with E-state index in [1.54, 1.807) is 0 Å². The second-order valence-electron chi connectivity index (χ2n) is 6.87. The van der Waals surface area contributed by atoms with Gasteiger partial charge in [-0.1, -0.05) is 11.6 Å². The van der Waals surface area contributed by atoms with Gasteiger partial charge in [-0.25, -0.2) is 13.2 Å². The zero-order chi connectivity index (χ0) is 17.9. The van der Waals surface area contributed by atoms with Gasteiger partial charge in [-0.05, 0) is 49.8 Å². The summed E-state index contributed by atoms with van der Waals surface area (Å²) in [5.74, 6) is 0.489. The molecule has 3 N–H and O–H groups in total. The largest absolute Gasteiger partial charge is 0.361 e. The number of aromatic nitrogens is 1. The second kappa shape index (κ2) is 7.47. The molecule has 6 nitrogen and oxygen atoms in total. The van der Waals surface area contributed by atoms with E-state index in [0.717, 1.165) is 18.4 Å². The maximum Gasteiger partial charge on any atom is 0.314 e. The summed E-state index contributed by atoms with van der Waals surface area (Å²) in [6.07, 6.45) is 4.27. The smallest absolute Gasteiger partial charge is 0.314 e. The Balaban J connectivity index is 1.44. The highest BCUT2D eigenvalue weighted by Gasteiger charge is 2.24. The number of hydrogen-bond acceptors (Lipinski definition) is 3. The number of aryl methyl sites for hydroxylation is 1. The van der Waals surface area contributed by atoms with E-state index in [-0.39, 0.29) is 23.5 Å². The molecule has 1 fully saturated rings. The molecule has 0 saturated carbocycles. The van der Waals surface area contributed by atoms with Gasteiger partial charge in [0.05, 0.1) is 11.5 Å². The number of amides is 2. The van der Waals surface area contributed by atoms with E-state index in [1.165, 1.54) is 16.5 Å². The van der Waals surface area contributed by atoms with Crippen LogP contribution in [0.4, 0.5) is 4.79 Å². The van der Waals surface area contributed by atoms with Crippen LogP contribution in [0.2, 0.25) is 0 Å². The molecule has 1 unspecified atom stereocenters. The first-order valence-electron chi connectivity index (χ1n) is 8.72. The lowest BCUT2D eigenvalue weighted by Crippen LogP contribution is -2.41. The minimum atomic E-state index is -2.93. The number of carbonyl (C=O) groups excluding carboxylic acids is 1. The third-order valence-corrected chi connectivity index (χ3v) is 6.60. The fourth-order valence-corrected chi connectivity index (χ4v) is 5.16. The number of benzene rings is 1. The third kappa shape index (κ3) is 4.75. The van der Waals surface area contributed by atoms with Crippen molar-refractivity contribution in [3.05, 3.63) is 35.5 Å².